The monoisotopic (exact) mass is 267 g/mol. The first-order valence-electron chi connectivity index (χ1n) is 6.65. The van der Waals surface area contributed by atoms with Crippen molar-refractivity contribution in [2.75, 3.05) is 5.73 Å². The molecule has 0 fully saturated rings. The van der Waals surface area contributed by atoms with E-state index in [0.29, 0.717) is 17.3 Å². The fourth-order valence-corrected chi connectivity index (χ4v) is 2.22. The lowest BCUT2D eigenvalue weighted by Crippen LogP contribution is -2.01. The maximum atomic E-state index is 5.79. The van der Waals surface area contributed by atoms with Crippen LogP contribution in [-0.4, -0.2) is 19.5 Å². The molecule has 5 nitrogen and oxygen atoms in total. The number of aromatic nitrogens is 4. The molecule has 5 heteroatoms. The Balaban J connectivity index is 1.91. The molecule has 0 bridgehead atoms. The molecule has 0 saturated carbocycles. The van der Waals surface area contributed by atoms with Crippen molar-refractivity contribution < 1.29 is 0 Å². The summed E-state index contributed by atoms with van der Waals surface area (Å²) in [6, 6.07) is 8.63. The van der Waals surface area contributed by atoms with Crippen LogP contribution in [0.3, 0.4) is 0 Å². The Kier molecular flexibility index (Phi) is 3.10. The first-order valence-corrected chi connectivity index (χ1v) is 6.65. The standard InChI is InChI=1S/C15H17N5/c1-10(2)12-5-3-11(4-6-12)7-20-9-19-13-14(16)17-8-18-15(13)20/h3-6,8-10H,7H2,1-2H3,(H2,16,17,18). The number of hydrogen-bond donors (Lipinski definition) is 1. The van der Waals surface area contributed by atoms with Gasteiger partial charge in [-0.05, 0) is 17.0 Å². The first kappa shape index (κ1) is 12.6. The Bertz CT molecular complexity index is 728. The van der Waals surface area contributed by atoms with Gasteiger partial charge in [-0.1, -0.05) is 38.1 Å². The number of nitrogen functional groups attached to an aromatic ring is 1. The van der Waals surface area contributed by atoms with E-state index in [0.717, 1.165) is 12.2 Å². The van der Waals surface area contributed by atoms with Gasteiger partial charge in [0.1, 0.15) is 11.8 Å². The van der Waals surface area contributed by atoms with E-state index in [1.165, 1.54) is 17.5 Å². The van der Waals surface area contributed by atoms with E-state index in [-0.39, 0.29) is 0 Å². The third-order valence-corrected chi connectivity index (χ3v) is 3.43. The van der Waals surface area contributed by atoms with Crippen LogP contribution in [0.15, 0.2) is 36.9 Å². The van der Waals surface area contributed by atoms with Gasteiger partial charge in [-0.15, -0.1) is 0 Å². The Morgan fingerprint density at radius 1 is 1.10 bits per heavy atom. The molecule has 2 heterocycles. The van der Waals surface area contributed by atoms with Crippen molar-refractivity contribution in [2.24, 2.45) is 0 Å². The van der Waals surface area contributed by atoms with Gasteiger partial charge in [-0.3, -0.25) is 0 Å². The van der Waals surface area contributed by atoms with Gasteiger partial charge in [0.25, 0.3) is 0 Å². The molecule has 1 aromatic carbocycles. The highest BCUT2D eigenvalue weighted by Gasteiger charge is 2.08. The van der Waals surface area contributed by atoms with Crippen LogP contribution in [0, 0.1) is 0 Å². The molecular weight excluding hydrogens is 250 g/mol. The number of nitrogens with two attached hydrogens (primary N) is 1. The third-order valence-electron chi connectivity index (χ3n) is 3.43. The van der Waals surface area contributed by atoms with Gasteiger partial charge >= 0.3 is 0 Å². The molecule has 2 N–H and O–H groups in total. The Labute approximate surface area is 117 Å². The predicted molar refractivity (Wildman–Crippen MR) is 79.4 cm³/mol. The van der Waals surface area contributed by atoms with Crippen LogP contribution in [0.1, 0.15) is 30.9 Å². The van der Waals surface area contributed by atoms with Crippen molar-refractivity contribution >= 4 is 17.0 Å². The highest BCUT2D eigenvalue weighted by atomic mass is 15.1. The van der Waals surface area contributed by atoms with Crippen LogP contribution in [0.2, 0.25) is 0 Å². The number of nitrogens with zero attached hydrogens (tertiary/aromatic N) is 4. The van der Waals surface area contributed by atoms with E-state index < -0.39 is 0 Å². The Morgan fingerprint density at radius 2 is 1.85 bits per heavy atom. The molecule has 0 aliphatic rings. The normalized spacial score (nSPS) is 11.3. The number of rotatable bonds is 3. The lowest BCUT2D eigenvalue weighted by Gasteiger charge is -2.08. The smallest absolute Gasteiger partial charge is 0.165 e. The van der Waals surface area contributed by atoms with E-state index in [1.54, 1.807) is 6.33 Å². The number of fused-ring (bicyclic) bond motifs is 1. The molecule has 0 amide bonds. The lowest BCUT2D eigenvalue weighted by atomic mass is 10.0. The summed E-state index contributed by atoms with van der Waals surface area (Å²) in [7, 11) is 0. The molecule has 0 aliphatic heterocycles. The molecule has 102 valence electrons. The second-order valence-electron chi connectivity index (χ2n) is 5.20. The summed E-state index contributed by atoms with van der Waals surface area (Å²) in [6.45, 7) is 5.11. The number of anilines is 1. The highest BCUT2D eigenvalue weighted by molar-refractivity contribution is 5.81. The molecule has 20 heavy (non-hydrogen) atoms. The summed E-state index contributed by atoms with van der Waals surface area (Å²) in [5.41, 5.74) is 9.77. The average molecular weight is 267 g/mol. The zero-order valence-electron chi connectivity index (χ0n) is 11.6. The highest BCUT2D eigenvalue weighted by Crippen LogP contribution is 2.18. The van der Waals surface area contributed by atoms with Crippen LogP contribution < -0.4 is 5.73 Å². The van der Waals surface area contributed by atoms with Crippen molar-refractivity contribution in [2.45, 2.75) is 26.3 Å². The van der Waals surface area contributed by atoms with Crippen LogP contribution in [0.25, 0.3) is 11.2 Å². The predicted octanol–water partition coefficient (Wildman–Crippen LogP) is 2.58. The molecule has 2 aromatic heterocycles. The maximum absolute atomic E-state index is 5.79. The zero-order chi connectivity index (χ0) is 14.1. The van der Waals surface area contributed by atoms with Gasteiger partial charge in [-0.25, -0.2) is 15.0 Å². The van der Waals surface area contributed by atoms with E-state index in [4.69, 9.17) is 5.73 Å². The second kappa shape index (κ2) is 4.92. The van der Waals surface area contributed by atoms with E-state index in [1.807, 2.05) is 4.57 Å². The van der Waals surface area contributed by atoms with Crippen LogP contribution in [0.4, 0.5) is 5.82 Å². The second-order valence-corrected chi connectivity index (χ2v) is 5.20. The summed E-state index contributed by atoms with van der Waals surface area (Å²) < 4.78 is 1.98. The minimum absolute atomic E-state index is 0.420. The van der Waals surface area contributed by atoms with Gasteiger partial charge in [0, 0.05) is 0 Å². The molecule has 0 atom stereocenters. The number of imidazole rings is 1. The summed E-state index contributed by atoms with van der Waals surface area (Å²) >= 11 is 0. The van der Waals surface area contributed by atoms with Crippen molar-refractivity contribution in [3.8, 4) is 0 Å². The van der Waals surface area contributed by atoms with E-state index in [9.17, 15) is 0 Å². The molecular formula is C15H17N5. The van der Waals surface area contributed by atoms with Crippen LogP contribution in [-0.2, 0) is 6.54 Å². The van der Waals surface area contributed by atoms with Gasteiger partial charge in [0.05, 0.1) is 12.9 Å². The van der Waals surface area contributed by atoms with Crippen LogP contribution in [0.5, 0.6) is 0 Å². The lowest BCUT2D eigenvalue weighted by molar-refractivity contribution is 0.808. The first-order chi connectivity index (χ1) is 9.65. The van der Waals surface area contributed by atoms with E-state index in [2.05, 4.69) is 53.1 Å². The molecule has 3 aromatic rings. The molecule has 0 saturated heterocycles. The number of benzene rings is 1. The van der Waals surface area contributed by atoms with E-state index >= 15 is 0 Å². The van der Waals surface area contributed by atoms with Gasteiger partial charge < -0.3 is 10.3 Å². The molecule has 0 radical (unpaired) electrons. The maximum Gasteiger partial charge on any atom is 0.165 e. The van der Waals surface area contributed by atoms with Crippen molar-refractivity contribution in [3.63, 3.8) is 0 Å². The van der Waals surface area contributed by atoms with Gasteiger partial charge in [-0.2, -0.15) is 0 Å². The molecule has 0 aliphatic carbocycles. The van der Waals surface area contributed by atoms with Gasteiger partial charge in [0.2, 0.25) is 0 Å². The summed E-state index contributed by atoms with van der Waals surface area (Å²) in [5, 5.41) is 0. The fraction of sp³-hybridized carbons (Fsp3) is 0.267. The minimum atomic E-state index is 0.420. The Morgan fingerprint density at radius 3 is 2.55 bits per heavy atom. The fourth-order valence-electron chi connectivity index (χ4n) is 2.22. The quantitative estimate of drug-likeness (QED) is 0.791. The SMILES string of the molecule is CC(C)c1ccc(Cn2cnc3c(N)ncnc32)cc1. The van der Waals surface area contributed by atoms with Crippen molar-refractivity contribution in [3.05, 3.63) is 48.0 Å². The molecule has 3 rings (SSSR count). The average Bonchev–Trinajstić information content (AvgIpc) is 2.84. The third kappa shape index (κ3) is 2.22. The zero-order valence-corrected chi connectivity index (χ0v) is 11.6. The topological polar surface area (TPSA) is 69.6 Å². The summed E-state index contributed by atoms with van der Waals surface area (Å²) in [6.07, 6.45) is 3.23. The molecule has 0 unspecified atom stereocenters. The summed E-state index contributed by atoms with van der Waals surface area (Å²) in [5.74, 6) is 0.967. The van der Waals surface area contributed by atoms with Crippen molar-refractivity contribution in [1.82, 2.24) is 19.5 Å². The Hall–Kier alpha value is -2.43. The van der Waals surface area contributed by atoms with Crippen LogP contribution >= 0.6 is 0 Å². The minimum Gasteiger partial charge on any atom is -0.382 e. The van der Waals surface area contributed by atoms with Crippen molar-refractivity contribution in [1.29, 1.82) is 0 Å². The molecule has 0 spiro atoms. The summed E-state index contributed by atoms with van der Waals surface area (Å²) in [4.78, 5) is 12.5. The number of hydrogen-bond acceptors (Lipinski definition) is 4. The van der Waals surface area contributed by atoms with Gasteiger partial charge in [0.15, 0.2) is 11.5 Å². The largest absolute Gasteiger partial charge is 0.382 e.